The highest BCUT2D eigenvalue weighted by atomic mass is 35.5. The maximum absolute atomic E-state index is 12.6. The zero-order valence-corrected chi connectivity index (χ0v) is 14.8. The van der Waals surface area contributed by atoms with Crippen LogP contribution in [-0.2, 0) is 9.53 Å². The van der Waals surface area contributed by atoms with Crippen LogP contribution in [0.3, 0.4) is 0 Å². The van der Waals surface area contributed by atoms with Crippen LogP contribution in [0.4, 0.5) is 0 Å². The first kappa shape index (κ1) is 17.4. The van der Waals surface area contributed by atoms with Crippen LogP contribution in [0, 0.1) is 12.8 Å². The van der Waals surface area contributed by atoms with Crippen LogP contribution in [-0.4, -0.2) is 52.2 Å². The van der Waals surface area contributed by atoms with Crippen molar-refractivity contribution < 1.29 is 14.3 Å². The molecule has 1 aliphatic rings. The third-order valence-electron chi connectivity index (χ3n) is 4.40. The van der Waals surface area contributed by atoms with E-state index in [1.54, 1.807) is 17.2 Å². The van der Waals surface area contributed by atoms with Gasteiger partial charge in [-0.3, -0.25) is 19.7 Å². The van der Waals surface area contributed by atoms with E-state index < -0.39 is 0 Å². The molecular formula is C17H19ClN4O3. The summed E-state index contributed by atoms with van der Waals surface area (Å²) in [6.45, 7) is 2.89. The molecule has 7 nitrogen and oxygen atoms in total. The molecule has 0 radical (unpaired) electrons. The first-order chi connectivity index (χ1) is 12.0. The quantitative estimate of drug-likeness (QED) is 0.847. The molecule has 1 saturated heterocycles. The van der Waals surface area contributed by atoms with Gasteiger partial charge in [0.05, 0.1) is 23.7 Å². The van der Waals surface area contributed by atoms with Gasteiger partial charge in [-0.2, -0.15) is 5.10 Å². The van der Waals surface area contributed by atoms with E-state index in [1.807, 2.05) is 13.0 Å². The second kappa shape index (κ2) is 7.23. The van der Waals surface area contributed by atoms with E-state index in [0.29, 0.717) is 42.3 Å². The van der Waals surface area contributed by atoms with E-state index in [-0.39, 0.29) is 17.8 Å². The molecule has 0 unspecified atom stereocenters. The van der Waals surface area contributed by atoms with Crippen molar-refractivity contribution in [1.29, 1.82) is 0 Å². The highest BCUT2D eigenvalue weighted by Gasteiger charge is 2.29. The Morgan fingerprint density at radius 1 is 1.32 bits per heavy atom. The van der Waals surface area contributed by atoms with Crippen LogP contribution >= 0.6 is 11.6 Å². The number of ether oxygens (including phenoxy) is 1. The molecule has 2 aromatic rings. The fourth-order valence-corrected chi connectivity index (χ4v) is 3.17. The Kier molecular flexibility index (Phi) is 5.03. The molecule has 0 aliphatic carbocycles. The number of H-pyrrole nitrogens is 1. The minimum atomic E-state index is -0.211. The number of likely N-dealkylation sites (tertiary alicyclic amines) is 1. The molecule has 0 spiro atoms. The van der Waals surface area contributed by atoms with Crippen molar-refractivity contribution in [1.82, 2.24) is 20.1 Å². The summed E-state index contributed by atoms with van der Waals surface area (Å²) in [5.41, 5.74) is 2.58. The van der Waals surface area contributed by atoms with Crippen LogP contribution in [0.5, 0.6) is 0 Å². The SMILES string of the molecule is COC(=O)C1CCN(C(=O)c2cc(-c3cc(C)ncc3Cl)[nH]n2)CC1. The number of rotatable bonds is 3. The summed E-state index contributed by atoms with van der Waals surface area (Å²) >= 11 is 6.18. The zero-order valence-electron chi connectivity index (χ0n) is 14.1. The zero-order chi connectivity index (χ0) is 18.0. The average Bonchev–Trinajstić information content (AvgIpc) is 3.12. The Morgan fingerprint density at radius 3 is 2.72 bits per heavy atom. The molecule has 25 heavy (non-hydrogen) atoms. The van der Waals surface area contributed by atoms with Crippen molar-refractivity contribution in [2.24, 2.45) is 5.92 Å². The normalized spacial score (nSPS) is 15.2. The summed E-state index contributed by atoms with van der Waals surface area (Å²) in [6, 6.07) is 3.53. The fraction of sp³-hybridized carbons (Fsp3) is 0.412. The highest BCUT2D eigenvalue weighted by Crippen LogP contribution is 2.27. The highest BCUT2D eigenvalue weighted by molar-refractivity contribution is 6.33. The molecule has 0 atom stereocenters. The molecule has 8 heteroatoms. The Morgan fingerprint density at radius 2 is 2.04 bits per heavy atom. The number of pyridine rings is 1. The van der Waals surface area contributed by atoms with Gasteiger partial charge in [-0.15, -0.1) is 0 Å². The van der Waals surface area contributed by atoms with E-state index in [1.165, 1.54) is 7.11 Å². The number of amides is 1. The second-order valence-electron chi connectivity index (χ2n) is 6.06. The summed E-state index contributed by atoms with van der Waals surface area (Å²) in [5, 5.41) is 7.48. The lowest BCUT2D eigenvalue weighted by molar-refractivity contribution is -0.146. The van der Waals surface area contributed by atoms with Gasteiger partial charge in [0.15, 0.2) is 5.69 Å². The molecule has 3 rings (SSSR count). The van der Waals surface area contributed by atoms with Crippen molar-refractivity contribution in [3.63, 3.8) is 0 Å². The number of aromatic nitrogens is 3. The maximum atomic E-state index is 12.6. The number of piperidine rings is 1. The van der Waals surface area contributed by atoms with Crippen molar-refractivity contribution in [3.05, 3.63) is 34.7 Å². The van der Waals surface area contributed by atoms with Crippen molar-refractivity contribution in [2.75, 3.05) is 20.2 Å². The molecule has 1 fully saturated rings. The summed E-state index contributed by atoms with van der Waals surface area (Å²) in [7, 11) is 1.39. The predicted octanol–water partition coefficient (Wildman–Crippen LogP) is 2.46. The Labute approximate surface area is 150 Å². The van der Waals surface area contributed by atoms with Crippen molar-refractivity contribution >= 4 is 23.5 Å². The van der Waals surface area contributed by atoms with Crippen molar-refractivity contribution in [3.8, 4) is 11.3 Å². The van der Waals surface area contributed by atoms with E-state index >= 15 is 0 Å². The molecule has 3 heterocycles. The summed E-state index contributed by atoms with van der Waals surface area (Å²) in [6.07, 6.45) is 2.78. The van der Waals surface area contributed by atoms with Crippen molar-refractivity contribution in [2.45, 2.75) is 19.8 Å². The summed E-state index contributed by atoms with van der Waals surface area (Å²) < 4.78 is 4.77. The number of hydrogen-bond acceptors (Lipinski definition) is 5. The minimum absolute atomic E-state index is 0.137. The molecule has 0 saturated carbocycles. The standard InChI is InChI=1S/C17H19ClN4O3/c1-10-7-12(13(18)9-19-10)14-8-15(21-20-14)16(23)22-5-3-11(4-6-22)17(24)25-2/h7-9,11H,3-6H2,1-2H3,(H,20,21). The van der Waals surface area contributed by atoms with Gasteiger partial charge in [0, 0.05) is 30.5 Å². The topological polar surface area (TPSA) is 88.2 Å². The summed E-state index contributed by atoms with van der Waals surface area (Å²) in [4.78, 5) is 30.0. The number of aromatic amines is 1. The van der Waals surface area contributed by atoms with Crippen LogP contribution in [0.1, 0.15) is 29.0 Å². The third-order valence-corrected chi connectivity index (χ3v) is 4.70. The van der Waals surface area contributed by atoms with Crippen LogP contribution in [0.25, 0.3) is 11.3 Å². The number of methoxy groups -OCH3 is 1. The van der Waals surface area contributed by atoms with Gasteiger partial charge in [0.2, 0.25) is 0 Å². The molecule has 1 amide bonds. The number of carbonyl (C=O) groups excluding carboxylic acids is 2. The average molecular weight is 363 g/mol. The minimum Gasteiger partial charge on any atom is -0.469 e. The van der Waals surface area contributed by atoms with Gasteiger partial charge in [-0.25, -0.2) is 0 Å². The number of halogens is 1. The van der Waals surface area contributed by atoms with E-state index in [9.17, 15) is 9.59 Å². The van der Waals surface area contributed by atoms with Gasteiger partial charge >= 0.3 is 5.97 Å². The Hall–Kier alpha value is -2.41. The van der Waals surface area contributed by atoms with Crippen LogP contribution in [0.15, 0.2) is 18.3 Å². The third kappa shape index (κ3) is 3.66. The first-order valence-electron chi connectivity index (χ1n) is 8.04. The number of nitrogens with zero attached hydrogens (tertiary/aromatic N) is 3. The molecule has 0 aromatic carbocycles. The van der Waals surface area contributed by atoms with Gasteiger partial charge in [-0.05, 0) is 31.9 Å². The molecule has 0 bridgehead atoms. The molecule has 132 valence electrons. The van der Waals surface area contributed by atoms with Crippen LogP contribution in [0.2, 0.25) is 5.02 Å². The molecular weight excluding hydrogens is 344 g/mol. The lowest BCUT2D eigenvalue weighted by atomic mass is 9.97. The molecule has 1 aliphatic heterocycles. The number of esters is 1. The van der Waals surface area contributed by atoms with Gasteiger partial charge in [0.1, 0.15) is 0 Å². The van der Waals surface area contributed by atoms with E-state index in [4.69, 9.17) is 16.3 Å². The smallest absolute Gasteiger partial charge is 0.308 e. The van der Waals surface area contributed by atoms with Crippen LogP contribution < -0.4 is 0 Å². The van der Waals surface area contributed by atoms with E-state index in [2.05, 4.69) is 15.2 Å². The number of carbonyl (C=O) groups is 2. The first-order valence-corrected chi connectivity index (χ1v) is 8.42. The van der Waals surface area contributed by atoms with Gasteiger partial charge in [-0.1, -0.05) is 11.6 Å². The second-order valence-corrected chi connectivity index (χ2v) is 6.47. The lowest BCUT2D eigenvalue weighted by Gasteiger charge is -2.30. The van der Waals surface area contributed by atoms with Gasteiger partial charge in [0.25, 0.3) is 5.91 Å². The number of hydrogen-bond donors (Lipinski definition) is 1. The molecule has 1 N–H and O–H groups in total. The largest absolute Gasteiger partial charge is 0.469 e. The monoisotopic (exact) mass is 362 g/mol. The number of aryl methyl sites for hydroxylation is 1. The predicted molar refractivity (Wildman–Crippen MR) is 92.2 cm³/mol. The Balaban J connectivity index is 1.71. The fourth-order valence-electron chi connectivity index (χ4n) is 2.97. The molecule has 2 aromatic heterocycles. The van der Waals surface area contributed by atoms with E-state index in [0.717, 1.165) is 11.3 Å². The lowest BCUT2D eigenvalue weighted by Crippen LogP contribution is -2.40. The Bertz CT molecular complexity index is 797. The summed E-state index contributed by atoms with van der Waals surface area (Å²) in [5.74, 6) is -0.507. The number of nitrogens with one attached hydrogen (secondary N) is 1. The van der Waals surface area contributed by atoms with Gasteiger partial charge < -0.3 is 9.64 Å². The maximum Gasteiger partial charge on any atom is 0.308 e.